The molecule has 0 spiro atoms. The number of nitrogens with zero attached hydrogens (tertiary/aromatic N) is 1. The van der Waals surface area contributed by atoms with Crippen molar-refractivity contribution < 1.29 is 0 Å². The van der Waals surface area contributed by atoms with E-state index < -0.39 is 0 Å². The number of hydrogen-bond donors (Lipinski definition) is 1. The van der Waals surface area contributed by atoms with Gasteiger partial charge in [-0.15, -0.1) is 0 Å². The van der Waals surface area contributed by atoms with Gasteiger partial charge in [-0.3, -0.25) is 0 Å². The normalized spacial score (nSPS) is 13.5. The van der Waals surface area contributed by atoms with E-state index in [9.17, 15) is 0 Å². The fraction of sp³-hybridized carbons (Fsp3) is 0.647. The second-order valence-corrected chi connectivity index (χ2v) is 6.09. The topological polar surface area (TPSA) is 15.3 Å². The van der Waals surface area contributed by atoms with Crippen LogP contribution in [0.1, 0.15) is 33.3 Å². The molecule has 0 bridgehead atoms. The Balaban J connectivity index is 2.45. The van der Waals surface area contributed by atoms with Crippen LogP contribution in [0.3, 0.4) is 0 Å². The molecule has 0 aromatic heterocycles. The molecule has 1 atom stereocenters. The number of likely N-dealkylation sites (N-methyl/N-ethyl adjacent to an activating group) is 1. The van der Waals surface area contributed by atoms with E-state index in [-0.39, 0.29) is 0 Å². The van der Waals surface area contributed by atoms with Crippen LogP contribution in [-0.2, 0) is 6.42 Å². The highest BCUT2D eigenvalue weighted by Gasteiger charge is 2.18. The van der Waals surface area contributed by atoms with Crippen LogP contribution in [0.2, 0.25) is 0 Å². The first-order valence-corrected chi connectivity index (χ1v) is 7.48. The van der Waals surface area contributed by atoms with Gasteiger partial charge in [0.15, 0.2) is 0 Å². The number of nitrogens with one attached hydrogen (secondary N) is 1. The number of benzene rings is 1. The van der Waals surface area contributed by atoms with Crippen molar-refractivity contribution in [2.24, 2.45) is 5.92 Å². The van der Waals surface area contributed by atoms with Crippen LogP contribution in [0.25, 0.3) is 0 Å². The summed E-state index contributed by atoms with van der Waals surface area (Å²) >= 11 is 0. The molecule has 2 nitrogen and oxygen atoms in total. The van der Waals surface area contributed by atoms with E-state index in [0.717, 1.165) is 19.5 Å². The van der Waals surface area contributed by atoms with Gasteiger partial charge in [0.05, 0.1) is 0 Å². The van der Waals surface area contributed by atoms with Gasteiger partial charge < -0.3 is 10.2 Å². The Labute approximate surface area is 119 Å². The van der Waals surface area contributed by atoms with Crippen molar-refractivity contribution in [3.8, 4) is 0 Å². The van der Waals surface area contributed by atoms with E-state index in [1.165, 1.54) is 5.56 Å². The van der Waals surface area contributed by atoms with Crippen LogP contribution < -0.4 is 5.32 Å². The second-order valence-electron chi connectivity index (χ2n) is 6.09. The maximum Gasteiger partial charge on any atom is 0.0240 e. The molecular weight excluding hydrogens is 232 g/mol. The lowest BCUT2D eigenvalue weighted by atomic mass is 10.0. The van der Waals surface area contributed by atoms with Gasteiger partial charge in [-0.1, -0.05) is 58.0 Å². The fourth-order valence-electron chi connectivity index (χ4n) is 2.37. The third-order valence-corrected chi connectivity index (χ3v) is 3.67. The van der Waals surface area contributed by atoms with Crippen molar-refractivity contribution in [3.05, 3.63) is 35.9 Å². The summed E-state index contributed by atoms with van der Waals surface area (Å²) in [6.07, 6.45) is 1.13. The molecule has 0 amide bonds. The molecule has 0 saturated heterocycles. The largest absolute Gasteiger partial charge is 0.313 e. The van der Waals surface area contributed by atoms with Crippen LogP contribution in [0.4, 0.5) is 0 Å². The Morgan fingerprint density at radius 1 is 1.05 bits per heavy atom. The molecule has 0 saturated carbocycles. The smallest absolute Gasteiger partial charge is 0.0240 e. The van der Waals surface area contributed by atoms with E-state index in [1.54, 1.807) is 0 Å². The van der Waals surface area contributed by atoms with Gasteiger partial charge >= 0.3 is 0 Å². The van der Waals surface area contributed by atoms with E-state index in [4.69, 9.17) is 0 Å². The third-order valence-electron chi connectivity index (χ3n) is 3.67. The van der Waals surface area contributed by atoms with Gasteiger partial charge in [0.2, 0.25) is 0 Å². The van der Waals surface area contributed by atoms with E-state index in [0.29, 0.717) is 18.0 Å². The minimum Gasteiger partial charge on any atom is -0.313 e. The minimum atomic E-state index is 0.559. The van der Waals surface area contributed by atoms with E-state index in [1.807, 2.05) is 0 Å². The maximum atomic E-state index is 3.56. The molecule has 1 N–H and O–H groups in total. The lowest BCUT2D eigenvalue weighted by Gasteiger charge is -2.32. The van der Waals surface area contributed by atoms with E-state index in [2.05, 4.69) is 75.3 Å². The Bertz CT molecular complexity index is 332. The summed E-state index contributed by atoms with van der Waals surface area (Å²) in [6, 6.07) is 11.9. The quantitative estimate of drug-likeness (QED) is 0.774. The number of rotatable bonds is 8. The molecule has 0 aliphatic carbocycles. The van der Waals surface area contributed by atoms with E-state index >= 15 is 0 Å². The molecule has 0 heterocycles. The van der Waals surface area contributed by atoms with Gasteiger partial charge in [0.25, 0.3) is 0 Å². The summed E-state index contributed by atoms with van der Waals surface area (Å²) in [5.74, 6) is 0.673. The minimum absolute atomic E-state index is 0.559. The first-order chi connectivity index (χ1) is 9.00. The molecule has 108 valence electrons. The zero-order valence-electron chi connectivity index (χ0n) is 13.2. The Kier molecular flexibility index (Phi) is 7.11. The van der Waals surface area contributed by atoms with Crippen LogP contribution in [0.5, 0.6) is 0 Å². The Morgan fingerprint density at radius 2 is 1.68 bits per heavy atom. The molecule has 2 heteroatoms. The number of hydrogen-bond acceptors (Lipinski definition) is 2. The predicted octanol–water partition coefficient (Wildman–Crippen LogP) is 3.18. The standard InChI is InChI=1S/C17H30N2/c1-14(2)17(13-18-15(3)4)19(5)12-11-16-9-7-6-8-10-16/h6-10,14-15,17-18H,11-13H2,1-5H3. The second kappa shape index (κ2) is 8.34. The third kappa shape index (κ3) is 6.22. The molecule has 1 aromatic carbocycles. The van der Waals surface area contributed by atoms with Crippen molar-refractivity contribution >= 4 is 0 Å². The Morgan fingerprint density at radius 3 is 2.21 bits per heavy atom. The average molecular weight is 262 g/mol. The first kappa shape index (κ1) is 16.2. The van der Waals surface area contributed by atoms with Crippen LogP contribution in [0.15, 0.2) is 30.3 Å². The molecule has 0 fully saturated rings. The van der Waals surface area contributed by atoms with Crippen LogP contribution in [0, 0.1) is 5.92 Å². The SMILES string of the molecule is CC(C)NCC(C(C)C)N(C)CCc1ccccc1. The van der Waals surface area contributed by atoms with Gasteiger partial charge in [0, 0.05) is 25.2 Å². The van der Waals surface area contributed by atoms with Gasteiger partial charge in [-0.2, -0.15) is 0 Å². The first-order valence-electron chi connectivity index (χ1n) is 7.48. The molecule has 0 aliphatic rings. The average Bonchev–Trinajstić information content (AvgIpc) is 2.37. The highest BCUT2D eigenvalue weighted by molar-refractivity contribution is 5.14. The lowest BCUT2D eigenvalue weighted by molar-refractivity contribution is 0.186. The zero-order valence-corrected chi connectivity index (χ0v) is 13.2. The summed E-state index contributed by atoms with van der Waals surface area (Å²) in [4.78, 5) is 2.49. The molecule has 1 rings (SSSR count). The predicted molar refractivity (Wildman–Crippen MR) is 84.5 cm³/mol. The zero-order chi connectivity index (χ0) is 14.3. The molecule has 0 radical (unpaired) electrons. The van der Waals surface area contributed by atoms with Crippen molar-refractivity contribution in [1.29, 1.82) is 0 Å². The van der Waals surface area contributed by atoms with Gasteiger partial charge in [-0.05, 0) is 24.9 Å². The molecule has 0 aliphatic heterocycles. The van der Waals surface area contributed by atoms with Gasteiger partial charge in [0.1, 0.15) is 0 Å². The summed E-state index contributed by atoms with van der Waals surface area (Å²) in [5.41, 5.74) is 1.42. The Hall–Kier alpha value is -0.860. The summed E-state index contributed by atoms with van der Waals surface area (Å²) < 4.78 is 0. The lowest BCUT2D eigenvalue weighted by Crippen LogP contribution is -2.45. The van der Waals surface area contributed by atoms with Crippen molar-refractivity contribution in [2.75, 3.05) is 20.1 Å². The van der Waals surface area contributed by atoms with Crippen molar-refractivity contribution in [2.45, 2.75) is 46.2 Å². The molecule has 19 heavy (non-hydrogen) atoms. The van der Waals surface area contributed by atoms with Crippen molar-refractivity contribution in [1.82, 2.24) is 10.2 Å². The van der Waals surface area contributed by atoms with Crippen LogP contribution >= 0.6 is 0 Å². The fourth-order valence-corrected chi connectivity index (χ4v) is 2.37. The van der Waals surface area contributed by atoms with Crippen molar-refractivity contribution in [3.63, 3.8) is 0 Å². The highest BCUT2D eigenvalue weighted by atomic mass is 15.2. The molecule has 1 aromatic rings. The molecule has 1 unspecified atom stereocenters. The van der Waals surface area contributed by atoms with Gasteiger partial charge in [-0.25, -0.2) is 0 Å². The summed E-state index contributed by atoms with van der Waals surface area (Å²) in [6.45, 7) is 11.2. The summed E-state index contributed by atoms with van der Waals surface area (Å²) in [7, 11) is 2.25. The maximum absolute atomic E-state index is 3.56. The molecular formula is C17H30N2. The monoisotopic (exact) mass is 262 g/mol. The highest BCUT2D eigenvalue weighted by Crippen LogP contribution is 2.10. The summed E-state index contributed by atoms with van der Waals surface area (Å²) in [5, 5.41) is 3.56. The van der Waals surface area contributed by atoms with Crippen LogP contribution in [-0.4, -0.2) is 37.1 Å².